The predicted octanol–water partition coefficient (Wildman–Crippen LogP) is 2.07. The van der Waals surface area contributed by atoms with Crippen LogP contribution in [0.25, 0.3) is 0 Å². The van der Waals surface area contributed by atoms with Crippen LogP contribution in [0, 0.1) is 0 Å². The molecule has 140 valence electrons. The Balaban J connectivity index is 1.67. The maximum atomic E-state index is 12.4. The third-order valence-corrected chi connectivity index (χ3v) is 3.89. The first kappa shape index (κ1) is 18.2. The number of esters is 1. The Morgan fingerprint density at radius 3 is 2.67 bits per heavy atom. The summed E-state index contributed by atoms with van der Waals surface area (Å²) in [6, 6.07) is 9.21. The van der Waals surface area contributed by atoms with Gasteiger partial charge in [-0.15, -0.1) is 0 Å². The molecule has 2 aromatic rings. The van der Waals surface area contributed by atoms with Crippen LogP contribution in [0.3, 0.4) is 0 Å². The largest absolute Gasteiger partial charge is 0.497 e. The standard InChI is InChI=1S/C19H17NO7/c1-24-12-4-5-13(16(8-12)25-2)15(21)9-27-19(23)11-3-6-14-17(7-11)26-10-18(22)20-14/h3-8H,9-10H2,1-2H3,(H,20,22). The van der Waals surface area contributed by atoms with Crippen molar-refractivity contribution in [3.8, 4) is 17.2 Å². The van der Waals surface area contributed by atoms with E-state index in [2.05, 4.69) is 5.32 Å². The van der Waals surface area contributed by atoms with Gasteiger partial charge in [0.15, 0.2) is 13.2 Å². The highest BCUT2D eigenvalue weighted by Crippen LogP contribution is 2.29. The number of fused-ring (bicyclic) bond motifs is 1. The molecule has 0 aromatic heterocycles. The van der Waals surface area contributed by atoms with Gasteiger partial charge in [0.05, 0.1) is 31.0 Å². The van der Waals surface area contributed by atoms with E-state index in [1.54, 1.807) is 18.2 Å². The van der Waals surface area contributed by atoms with Crippen LogP contribution >= 0.6 is 0 Å². The average Bonchev–Trinajstić information content (AvgIpc) is 2.70. The smallest absolute Gasteiger partial charge is 0.338 e. The molecule has 0 fully saturated rings. The monoisotopic (exact) mass is 371 g/mol. The Morgan fingerprint density at radius 2 is 1.93 bits per heavy atom. The number of Topliss-reactive ketones (excluding diaryl/α,β-unsaturated/α-hetero) is 1. The van der Waals surface area contributed by atoms with Crippen LogP contribution < -0.4 is 19.5 Å². The van der Waals surface area contributed by atoms with Crippen molar-refractivity contribution in [3.63, 3.8) is 0 Å². The van der Waals surface area contributed by atoms with Crippen molar-refractivity contribution in [2.75, 3.05) is 32.8 Å². The van der Waals surface area contributed by atoms with Crippen molar-refractivity contribution < 1.29 is 33.3 Å². The van der Waals surface area contributed by atoms with Gasteiger partial charge in [0, 0.05) is 6.07 Å². The van der Waals surface area contributed by atoms with Crippen LogP contribution in [0.2, 0.25) is 0 Å². The second-order valence-corrected chi connectivity index (χ2v) is 5.61. The van der Waals surface area contributed by atoms with Gasteiger partial charge in [-0.3, -0.25) is 9.59 Å². The first-order valence-electron chi connectivity index (χ1n) is 8.01. The normalized spacial score (nSPS) is 12.3. The summed E-state index contributed by atoms with van der Waals surface area (Å²) in [5.74, 6) is -0.123. The topological polar surface area (TPSA) is 100 Å². The highest BCUT2D eigenvalue weighted by Gasteiger charge is 2.20. The molecule has 1 heterocycles. The van der Waals surface area contributed by atoms with Crippen molar-refractivity contribution in [1.82, 2.24) is 0 Å². The number of methoxy groups -OCH3 is 2. The third kappa shape index (κ3) is 4.00. The molecule has 2 aromatic carbocycles. The Hall–Kier alpha value is -3.55. The molecule has 3 rings (SSSR count). The average molecular weight is 371 g/mol. The number of ketones is 1. The number of nitrogens with one attached hydrogen (secondary N) is 1. The molecule has 0 spiro atoms. The lowest BCUT2D eigenvalue weighted by Crippen LogP contribution is -2.25. The van der Waals surface area contributed by atoms with Crippen LogP contribution in [0.5, 0.6) is 17.2 Å². The summed E-state index contributed by atoms with van der Waals surface area (Å²) in [5, 5.41) is 2.63. The highest BCUT2D eigenvalue weighted by molar-refractivity contribution is 6.02. The number of hydrogen-bond donors (Lipinski definition) is 1. The Morgan fingerprint density at radius 1 is 1.11 bits per heavy atom. The van der Waals surface area contributed by atoms with Gasteiger partial charge in [-0.25, -0.2) is 4.79 Å². The minimum atomic E-state index is -0.681. The third-order valence-electron chi connectivity index (χ3n) is 3.89. The molecule has 0 bridgehead atoms. The van der Waals surface area contributed by atoms with Gasteiger partial charge in [0.25, 0.3) is 5.91 Å². The van der Waals surface area contributed by atoms with Crippen molar-refractivity contribution >= 4 is 23.3 Å². The van der Waals surface area contributed by atoms with Gasteiger partial charge in [0.2, 0.25) is 5.78 Å². The molecule has 0 radical (unpaired) electrons. The van der Waals surface area contributed by atoms with Gasteiger partial charge in [-0.05, 0) is 30.3 Å². The number of rotatable bonds is 6. The zero-order valence-electron chi connectivity index (χ0n) is 14.7. The SMILES string of the molecule is COc1ccc(C(=O)COC(=O)c2ccc3c(c2)OCC(=O)N3)c(OC)c1. The Bertz CT molecular complexity index is 907. The van der Waals surface area contributed by atoms with Gasteiger partial charge in [0.1, 0.15) is 17.2 Å². The first-order chi connectivity index (χ1) is 13.0. The second-order valence-electron chi connectivity index (χ2n) is 5.61. The molecule has 0 saturated heterocycles. The number of benzene rings is 2. The Kier molecular flexibility index (Phi) is 5.25. The van der Waals surface area contributed by atoms with E-state index < -0.39 is 18.4 Å². The molecule has 1 aliphatic rings. The van der Waals surface area contributed by atoms with E-state index >= 15 is 0 Å². The summed E-state index contributed by atoms with van der Waals surface area (Å²) in [4.78, 5) is 35.8. The number of hydrogen-bond acceptors (Lipinski definition) is 7. The first-order valence-corrected chi connectivity index (χ1v) is 8.01. The van der Waals surface area contributed by atoms with Crippen LogP contribution in [0.1, 0.15) is 20.7 Å². The molecular formula is C19H17NO7. The van der Waals surface area contributed by atoms with Crippen LogP contribution in [-0.2, 0) is 9.53 Å². The number of carbonyl (C=O) groups is 3. The van der Waals surface area contributed by atoms with Crippen molar-refractivity contribution in [3.05, 3.63) is 47.5 Å². The summed E-state index contributed by atoms with van der Waals surface area (Å²) in [7, 11) is 2.94. The number of anilines is 1. The van der Waals surface area contributed by atoms with Gasteiger partial charge in [-0.2, -0.15) is 0 Å². The molecule has 0 unspecified atom stereocenters. The fraction of sp³-hybridized carbons (Fsp3) is 0.211. The lowest BCUT2D eigenvalue weighted by molar-refractivity contribution is -0.118. The van der Waals surface area contributed by atoms with Crippen LogP contribution in [-0.4, -0.2) is 45.1 Å². The maximum absolute atomic E-state index is 12.4. The minimum Gasteiger partial charge on any atom is -0.497 e. The zero-order chi connectivity index (χ0) is 19.4. The predicted molar refractivity (Wildman–Crippen MR) is 94.7 cm³/mol. The van der Waals surface area contributed by atoms with Crippen LogP contribution in [0.4, 0.5) is 5.69 Å². The van der Waals surface area contributed by atoms with E-state index in [1.807, 2.05) is 0 Å². The van der Waals surface area contributed by atoms with Gasteiger partial charge < -0.3 is 24.3 Å². The second kappa shape index (κ2) is 7.77. The van der Waals surface area contributed by atoms with E-state index in [-0.39, 0.29) is 23.6 Å². The van der Waals surface area contributed by atoms with E-state index in [0.717, 1.165) is 0 Å². The molecule has 1 amide bonds. The van der Waals surface area contributed by atoms with E-state index in [9.17, 15) is 14.4 Å². The van der Waals surface area contributed by atoms with Crippen LogP contribution in [0.15, 0.2) is 36.4 Å². The molecule has 27 heavy (non-hydrogen) atoms. The molecule has 0 saturated carbocycles. The number of ether oxygens (including phenoxy) is 4. The van der Waals surface area contributed by atoms with Gasteiger partial charge >= 0.3 is 5.97 Å². The van der Waals surface area contributed by atoms with E-state index in [0.29, 0.717) is 22.9 Å². The maximum Gasteiger partial charge on any atom is 0.338 e. The highest BCUT2D eigenvalue weighted by atomic mass is 16.5. The van der Waals surface area contributed by atoms with Crippen molar-refractivity contribution in [2.45, 2.75) is 0 Å². The lowest BCUT2D eigenvalue weighted by Gasteiger charge is -2.18. The Labute approximate surface area is 155 Å². The van der Waals surface area contributed by atoms with E-state index in [4.69, 9.17) is 18.9 Å². The summed E-state index contributed by atoms with van der Waals surface area (Å²) < 4.78 is 20.6. The minimum absolute atomic E-state index is 0.124. The summed E-state index contributed by atoms with van der Waals surface area (Å²) in [6.45, 7) is -0.572. The van der Waals surface area contributed by atoms with Crippen molar-refractivity contribution in [2.24, 2.45) is 0 Å². The number of carbonyl (C=O) groups excluding carboxylic acids is 3. The lowest BCUT2D eigenvalue weighted by atomic mass is 10.1. The zero-order valence-corrected chi connectivity index (χ0v) is 14.7. The molecule has 8 heteroatoms. The summed E-state index contributed by atoms with van der Waals surface area (Å²) >= 11 is 0. The van der Waals surface area contributed by atoms with Crippen molar-refractivity contribution in [1.29, 1.82) is 0 Å². The quantitative estimate of drug-likeness (QED) is 0.613. The molecule has 0 atom stereocenters. The van der Waals surface area contributed by atoms with Gasteiger partial charge in [-0.1, -0.05) is 0 Å². The molecule has 8 nitrogen and oxygen atoms in total. The molecular weight excluding hydrogens is 354 g/mol. The van der Waals surface area contributed by atoms with E-state index in [1.165, 1.54) is 32.4 Å². The molecule has 0 aliphatic carbocycles. The number of amides is 1. The molecule has 1 N–H and O–H groups in total. The fourth-order valence-electron chi connectivity index (χ4n) is 2.52. The molecule has 1 aliphatic heterocycles. The fourth-order valence-corrected chi connectivity index (χ4v) is 2.52. The summed E-state index contributed by atoms with van der Waals surface area (Å²) in [5.41, 5.74) is 0.962. The summed E-state index contributed by atoms with van der Waals surface area (Å²) in [6.07, 6.45) is 0.